The van der Waals surface area contributed by atoms with Crippen LogP contribution in [0.4, 0.5) is 21.0 Å². The van der Waals surface area contributed by atoms with Gasteiger partial charge in [-0.25, -0.2) is 33.8 Å². The maximum absolute atomic E-state index is 15.2. The maximum atomic E-state index is 15.2. The third-order valence-electron chi connectivity index (χ3n) is 23.8. The number of ether oxygens (including phenoxy) is 22. The third-order valence-corrected chi connectivity index (χ3v) is 23.8. The summed E-state index contributed by atoms with van der Waals surface area (Å²) < 4.78 is 127. The third kappa shape index (κ3) is 29.0. The average molecular weight is 1990 g/mol. The van der Waals surface area contributed by atoms with E-state index in [0.717, 1.165) is 37.7 Å². The highest BCUT2D eigenvalue weighted by Gasteiger charge is 2.55. The van der Waals surface area contributed by atoms with Crippen molar-refractivity contribution in [3.05, 3.63) is 148 Å². The van der Waals surface area contributed by atoms with Crippen LogP contribution in [0, 0.1) is 18.8 Å². The number of carbonyl (C=O) groups is 13. The number of esters is 7. The maximum Gasteiger partial charge on any atom is 0.416 e. The first-order valence-corrected chi connectivity index (χ1v) is 46.8. The van der Waals surface area contributed by atoms with E-state index in [-0.39, 0.29) is 204 Å². The lowest BCUT2D eigenvalue weighted by molar-refractivity contribution is -0.263. The Kier molecular flexibility index (Phi) is 39.5. The Morgan fingerprint density at radius 2 is 1.06 bits per heavy atom. The lowest BCUT2D eigenvalue weighted by atomic mass is 9.91. The molecular formula is C101H126N4O37. The minimum absolute atomic E-state index is 0.000148. The Morgan fingerprint density at radius 3 is 1.68 bits per heavy atom. The largest absolute Gasteiger partial charge is 0.493 e. The van der Waals surface area contributed by atoms with Crippen molar-refractivity contribution in [3.63, 3.8) is 0 Å². The molecule has 0 radical (unpaired) electrons. The number of fused-ring (bicyclic) bond motifs is 4. The van der Waals surface area contributed by atoms with Crippen molar-refractivity contribution in [1.29, 1.82) is 0 Å². The molecule has 5 aromatic carbocycles. The van der Waals surface area contributed by atoms with Crippen LogP contribution in [-0.2, 0) is 123 Å². The van der Waals surface area contributed by atoms with Crippen LogP contribution in [0.1, 0.15) is 191 Å². The Morgan fingerprint density at radius 1 is 0.507 bits per heavy atom. The summed E-state index contributed by atoms with van der Waals surface area (Å²) in [5.74, 6) is -7.88. The number of nitrogens with zero attached hydrogens (tertiary/aromatic N) is 4. The van der Waals surface area contributed by atoms with Crippen LogP contribution in [0.2, 0.25) is 0 Å². The van der Waals surface area contributed by atoms with Crippen LogP contribution in [0.5, 0.6) is 34.5 Å². The predicted molar refractivity (Wildman–Crippen MR) is 499 cm³/mol. The predicted octanol–water partition coefficient (Wildman–Crippen LogP) is 10.5. The van der Waals surface area contributed by atoms with Crippen LogP contribution >= 0.6 is 0 Å². The molecule has 6 aliphatic rings. The Bertz CT molecular complexity index is 5380. The number of anilines is 2. The molecule has 5 aromatic rings. The second kappa shape index (κ2) is 51.2. The van der Waals surface area contributed by atoms with E-state index in [9.17, 15) is 63.0 Å². The van der Waals surface area contributed by atoms with Gasteiger partial charge in [0.1, 0.15) is 79.1 Å². The van der Waals surface area contributed by atoms with Crippen LogP contribution in [0.25, 0.3) is 5.57 Å². The average Bonchev–Trinajstić information content (AvgIpc) is 1.57. The fraction of sp³-hybridized carbons (Fsp3) is 0.535. The van der Waals surface area contributed by atoms with Gasteiger partial charge in [0, 0.05) is 85.0 Å². The number of hydrogen-bond acceptors (Lipinski definition) is 37. The summed E-state index contributed by atoms with van der Waals surface area (Å²) in [6, 6.07) is 19.2. The van der Waals surface area contributed by atoms with Crippen molar-refractivity contribution in [2.45, 2.75) is 227 Å². The zero-order valence-corrected chi connectivity index (χ0v) is 82.4. The van der Waals surface area contributed by atoms with Gasteiger partial charge in [0.25, 0.3) is 11.8 Å². The van der Waals surface area contributed by atoms with Crippen molar-refractivity contribution in [2.75, 3.05) is 124 Å². The first-order valence-electron chi connectivity index (χ1n) is 46.8. The van der Waals surface area contributed by atoms with Crippen molar-refractivity contribution < 1.29 is 177 Å². The van der Waals surface area contributed by atoms with Crippen molar-refractivity contribution >= 4 is 94.3 Å². The molecule has 0 spiro atoms. The van der Waals surface area contributed by atoms with Gasteiger partial charge in [-0.15, -0.1) is 0 Å². The molecule has 11 rings (SSSR count). The highest BCUT2D eigenvalue weighted by Crippen LogP contribution is 2.46. The molecule has 0 bridgehead atoms. The summed E-state index contributed by atoms with van der Waals surface area (Å²) in [5.41, 5.74) is 1.65. The van der Waals surface area contributed by atoms with E-state index in [1.165, 1.54) is 92.5 Å². The van der Waals surface area contributed by atoms with E-state index in [2.05, 4.69) is 6.58 Å². The molecule has 0 aromatic heterocycles. The number of Topliss-reactive ketones (excluding diaryl/α,β-unsaturated/α-hetero) is 2. The summed E-state index contributed by atoms with van der Waals surface area (Å²) in [5, 5.41) is 25.2. The molecular weight excluding hydrogens is 1860 g/mol. The molecule has 41 heteroatoms. The topological polar surface area (TPSA) is 478 Å². The molecule has 41 nitrogen and oxygen atoms in total. The highest BCUT2D eigenvalue weighted by molar-refractivity contribution is 6.08. The van der Waals surface area contributed by atoms with E-state index in [0.29, 0.717) is 47.3 Å². The number of carbonyl (C=O) groups excluding carboxylic acids is 13. The molecule has 5 unspecified atom stereocenters. The number of rotatable bonds is 47. The number of aryl methyl sites for hydroxylation is 1. The smallest absolute Gasteiger partial charge is 0.416 e. The molecule has 6 heterocycles. The summed E-state index contributed by atoms with van der Waals surface area (Å²) in [7, 11) is 3.85. The molecule has 14 atom stereocenters. The van der Waals surface area contributed by atoms with Gasteiger partial charge in [-0.05, 0) is 156 Å². The zero-order valence-electron chi connectivity index (χ0n) is 82.4. The van der Waals surface area contributed by atoms with Gasteiger partial charge in [0.2, 0.25) is 18.7 Å². The summed E-state index contributed by atoms with van der Waals surface area (Å²) >= 11 is 0. The van der Waals surface area contributed by atoms with E-state index in [1.807, 2.05) is 0 Å². The highest BCUT2D eigenvalue weighted by atomic mass is 16.7. The number of ketones is 2. The minimum atomic E-state index is -1.82. The van der Waals surface area contributed by atoms with Crippen LogP contribution < -0.4 is 38.2 Å². The molecule has 0 saturated carbocycles. The number of aliphatic hydroxyl groups is 2. The standard InChI is InChI=1S/C101H126N4O37/c1-56-43-77-93(115)104(99(119)132-53-66-22-28-80(139-97-60(5)87(136-63(8)108)88(137-64(9)109)89(141-97)96(118)123-16)73(45-66)79(111)21-20-31-124-36-37-126-38-39-127-55-85(112)142-101(11,12)13)75-49-82(57(2)44-71(75)91(113)102(77)51-56)129-32-18-17-19-33-130-84-50-76-72(48-83(84)122-15)92(114)103-52-69(68-24-26-70(27-25-68)128-42-40-125-34-30-58(3)106)47-78(103)94(116)105(76)100(120)133-54-67-23-29-81(74(46-67)95(117)131-41-35-121-14)140-98-90(138-65(10)110)86(135-62(7)107)59(4)61(6)134-98/h22-29,44-46,48-50,52,59-61,77-78,86-90,93-94,97-98,115-116H,1,17-21,30-43,47,51,53-55H2,2-16H3/t59-,60-,61-,77+,78?,86+,87-,88+,89?,90-,93?,94?,97?,98+/m1/s1. The van der Waals surface area contributed by atoms with Crippen LogP contribution in [0.3, 0.4) is 0 Å². The quantitative estimate of drug-likeness (QED) is 0.0120. The van der Waals surface area contributed by atoms with Gasteiger partial charge in [0.05, 0.1) is 126 Å². The first kappa shape index (κ1) is 110. The zero-order chi connectivity index (χ0) is 103. The van der Waals surface area contributed by atoms with Crippen LogP contribution in [-0.4, -0.2) is 290 Å². The monoisotopic (exact) mass is 1990 g/mol. The molecule has 2 N–H and O–H groups in total. The number of benzene rings is 5. The van der Waals surface area contributed by atoms with Crippen molar-refractivity contribution in [1.82, 2.24) is 9.80 Å². The molecule has 772 valence electrons. The SMILES string of the molecule is C=C1C[C@H]2C(O)N(C(=O)OCc3ccc(OC4OC(C(=O)OC)[C@@H](OC(C)=O)[C@H](OC(C)=O)[C@H]4C)c(C(=O)CCCOCCOCCOCC(=O)OC(C)(C)C)c3)c3cc(OCCCCCOc4cc5c(cc4OC)C(=O)N4C=C(c6ccc(OCCOCCC(C)=O)cc6)CC4C(O)N5C(=O)OCc4ccc(O[C@@H]5O[C@H](C)[C@@H](C)[C@H](OC(C)=O)[C@H]5OC(C)=O)c(C(=O)OCCOC)c4)c(C)cc3C(=O)N2C1. The number of hydrogen-bond donors (Lipinski definition) is 2. The summed E-state index contributed by atoms with van der Waals surface area (Å²) in [4.78, 5) is 180. The molecule has 3 saturated heterocycles. The van der Waals surface area contributed by atoms with Crippen molar-refractivity contribution in [3.8, 4) is 34.5 Å². The Labute approximate surface area is 821 Å². The van der Waals surface area contributed by atoms with E-state index in [4.69, 9.17) is 104 Å². The summed E-state index contributed by atoms with van der Waals surface area (Å²) in [6.45, 7) is 22.1. The lowest BCUT2D eigenvalue weighted by Crippen LogP contribution is -2.60. The van der Waals surface area contributed by atoms with Gasteiger partial charge in [-0.1, -0.05) is 50.3 Å². The molecule has 0 aliphatic carbocycles. The van der Waals surface area contributed by atoms with Gasteiger partial charge in [-0.2, -0.15) is 0 Å². The number of methoxy groups -OCH3 is 3. The first-order chi connectivity index (χ1) is 67.8. The number of aliphatic hydroxyl groups excluding tert-OH is 2. The number of amides is 4. The lowest BCUT2D eigenvalue weighted by Gasteiger charge is -2.43. The molecule has 6 aliphatic heterocycles. The second-order valence-electron chi connectivity index (χ2n) is 35.7. The van der Waals surface area contributed by atoms with Gasteiger partial charge < -0.3 is 124 Å². The van der Waals surface area contributed by atoms with E-state index >= 15 is 9.59 Å². The van der Waals surface area contributed by atoms with E-state index in [1.54, 1.807) is 85.0 Å². The van der Waals surface area contributed by atoms with E-state index < -0.39 is 176 Å². The molecule has 142 heavy (non-hydrogen) atoms. The number of unbranched alkanes of at least 4 members (excludes halogenated alkanes) is 2. The fourth-order valence-electron chi connectivity index (χ4n) is 16.7. The van der Waals surface area contributed by atoms with Gasteiger partial charge in [0.15, 0.2) is 48.0 Å². The molecule has 4 amide bonds. The summed E-state index contributed by atoms with van der Waals surface area (Å²) in [6.07, 6.45) is -12.9. The molecule has 3 fully saturated rings. The van der Waals surface area contributed by atoms with Crippen molar-refractivity contribution in [2.24, 2.45) is 11.8 Å². The van der Waals surface area contributed by atoms with Gasteiger partial charge >= 0.3 is 54.0 Å². The minimum Gasteiger partial charge on any atom is -0.493 e. The van der Waals surface area contributed by atoms with Gasteiger partial charge in [-0.3, -0.25) is 38.4 Å². The fourth-order valence-corrected chi connectivity index (χ4v) is 16.7. The second-order valence-corrected chi connectivity index (χ2v) is 35.7. The Hall–Kier alpha value is -12.9. The Balaban J connectivity index is 0.796. The van der Waals surface area contributed by atoms with Crippen LogP contribution in [0.15, 0.2) is 103 Å². The normalized spacial score (nSPS) is 21.8.